The smallest absolute Gasteiger partial charge is 0.183 e. The van der Waals surface area contributed by atoms with Crippen molar-refractivity contribution in [2.75, 3.05) is 25.6 Å². The van der Waals surface area contributed by atoms with E-state index >= 15 is 0 Å². The lowest BCUT2D eigenvalue weighted by molar-refractivity contribution is 0.211. The summed E-state index contributed by atoms with van der Waals surface area (Å²) in [5.74, 6) is 0. The summed E-state index contributed by atoms with van der Waals surface area (Å²) in [5.41, 5.74) is 5.06. The molecule has 0 unspecified atom stereocenters. The Morgan fingerprint density at radius 2 is 2.10 bits per heavy atom. The van der Waals surface area contributed by atoms with Crippen LogP contribution in [0, 0.1) is 0 Å². The number of hydrogen-bond acceptors (Lipinski definition) is 4. The Hall–Kier alpha value is -1.39. The van der Waals surface area contributed by atoms with Gasteiger partial charge in [-0.1, -0.05) is 26.0 Å². The Balaban J connectivity index is 2.22. The first-order chi connectivity index (χ1) is 9.78. The van der Waals surface area contributed by atoms with Crippen molar-refractivity contribution in [2.45, 2.75) is 26.7 Å². The normalized spacial score (nSPS) is 10.8. The molecule has 0 aliphatic rings. The van der Waals surface area contributed by atoms with Gasteiger partial charge >= 0.3 is 0 Å². The molecule has 0 aliphatic heterocycles. The van der Waals surface area contributed by atoms with E-state index in [1.807, 2.05) is 0 Å². The van der Waals surface area contributed by atoms with E-state index in [1.165, 1.54) is 16.7 Å². The number of nitrogens with zero attached hydrogens (tertiary/aromatic N) is 1. The lowest BCUT2D eigenvalue weighted by Gasteiger charge is -2.07. The minimum Gasteiger partial charge on any atom is -0.383 e. The van der Waals surface area contributed by atoms with Crippen LogP contribution in [0.4, 0.5) is 5.13 Å². The molecule has 1 N–H and O–H groups in total. The first kappa shape index (κ1) is 15.0. The van der Waals surface area contributed by atoms with Crippen LogP contribution in [0.5, 0.6) is 0 Å². The van der Waals surface area contributed by atoms with E-state index in [0.717, 1.165) is 30.2 Å². The summed E-state index contributed by atoms with van der Waals surface area (Å²) in [5, 5.41) is 6.37. The summed E-state index contributed by atoms with van der Waals surface area (Å²) in [6.45, 7) is 5.86. The molecule has 0 spiro atoms. The van der Waals surface area contributed by atoms with Gasteiger partial charge in [0.2, 0.25) is 0 Å². The van der Waals surface area contributed by atoms with E-state index in [9.17, 15) is 0 Å². The molecule has 108 valence electrons. The fourth-order valence-electron chi connectivity index (χ4n) is 2.13. The first-order valence-electron chi connectivity index (χ1n) is 7.09. The number of anilines is 1. The number of benzene rings is 1. The van der Waals surface area contributed by atoms with Gasteiger partial charge in [0.1, 0.15) is 0 Å². The summed E-state index contributed by atoms with van der Waals surface area (Å²) in [7, 11) is 1.71. The van der Waals surface area contributed by atoms with Gasteiger partial charge < -0.3 is 10.1 Å². The highest BCUT2D eigenvalue weighted by molar-refractivity contribution is 7.14. The third kappa shape index (κ3) is 3.58. The third-order valence-electron chi connectivity index (χ3n) is 3.33. The maximum atomic E-state index is 5.04. The van der Waals surface area contributed by atoms with Crippen LogP contribution in [0.25, 0.3) is 11.3 Å². The molecule has 0 aliphatic carbocycles. The zero-order chi connectivity index (χ0) is 14.4. The lowest BCUT2D eigenvalue weighted by atomic mass is 9.99. The van der Waals surface area contributed by atoms with Gasteiger partial charge in [-0.3, -0.25) is 0 Å². The van der Waals surface area contributed by atoms with Crippen molar-refractivity contribution in [3.05, 3.63) is 34.7 Å². The minimum absolute atomic E-state index is 0.695. The van der Waals surface area contributed by atoms with Crippen LogP contribution in [-0.4, -0.2) is 25.2 Å². The van der Waals surface area contributed by atoms with Crippen molar-refractivity contribution in [3.8, 4) is 11.3 Å². The van der Waals surface area contributed by atoms with Gasteiger partial charge in [0, 0.05) is 24.6 Å². The molecule has 0 atom stereocenters. The number of nitrogens with one attached hydrogen (secondary N) is 1. The lowest BCUT2D eigenvalue weighted by Crippen LogP contribution is -2.07. The monoisotopic (exact) mass is 290 g/mol. The predicted molar refractivity (Wildman–Crippen MR) is 86.7 cm³/mol. The fraction of sp³-hybridized carbons (Fsp3) is 0.438. The van der Waals surface area contributed by atoms with Crippen molar-refractivity contribution < 1.29 is 4.74 Å². The van der Waals surface area contributed by atoms with Crippen molar-refractivity contribution in [2.24, 2.45) is 0 Å². The minimum atomic E-state index is 0.695. The highest BCUT2D eigenvalue weighted by Crippen LogP contribution is 2.29. The molecule has 1 aromatic carbocycles. The molecule has 1 aromatic heterocycles. The molecule has 3 nitrogen and oxygen atoms in total. The van der Waals surface area contributed by atoms with E-state index in [4.69, 9.17) is 4.74 Å². The van der Waals surface area contributed by atoms with E-state index in [1.54, 1.807) is 18.4 Å². The van der Waals surface area contributed by atoms with Crippen molar-refractivity contribution in [1.29, 1.82) is 0 Å². The van der Waals surface area contributed by atoms with Crippen LogP contribution in [0.15, 0.2) is 23.6 Å². The quantitative estimate of drug-likeness (QED) is 0.783. The van der Waals surface area contributed by atoms with Gasteiger partial charge in [0.25, 0.3) is 0 Å². The summed E-state index contributed by atoms with van der Waals surface area (Å²) in [6.07, 6.45) is 2.09. The topological polar surface area (TPSA) is 34.1 Å². The summed E-state index contributed by atoms with van der Waals surface area (Å²) < 4.78 is 5.04. The Bertz CT molecular complexity index is 551. The number of thiazole rings is 1. The zero-order valence-corrected chi connectivity index (χ0v) is 13.2. The Morgan fingerprint density at radius 3 is 2.80 bits per heavy atom. The second kappa shape index (κ2) is 7.41. The van der Waals surface area contributed by atoms with E-state index in [2.05, 4.69) is 47.7 Å². The molecule has 0 fully saturated rings. The number of aryl methyl sites for hydroxylation is 2. The Kier molecular flexibility index (Phi) is 5.56. The van der Waals surface area contributed by atoms with Gasteiger partial charge in [-0.2, -0.15) is 0 Å². The average molecular weight is 290 g/mol. The molecule has 1 heterocycles. The fourth-order valence-corrected chi connectivity index (χ4v) is 2.87. The van der Waals surface area contributed by atoms with Crippen LogP contribution in [-0.2, 0) is 17.6 Å². The molecule has 2 rings (SSSR count). The molecule has 0 radical (unpaired) electrons. The maximum absolute atomic E-state index is 5.04. The average Bonchev–Trinajstić information content (AvgIpc) is 2.95. The van der Waals surface area contributed by atoms with Gasteiger partial charge in [-0.05, 0) is 30.0 Å². The Morgan fingerprint density at radius 1 is 1.25 bits per heavy atom. The maximum Gasteiger partial charge on any atom is 0.183 e. The highest BCUT2D eigenvalue weighted by atomic mass is 32.1. The summed E-state index contributed by atoms with van der Waals surface area (Å²) in [4.78, 5) is 4.69. The van der Waals surface area contributed by atoms with Crippen LogP contribution in [0.3, 0.4) is 0 Å². The first-order valence-corrected chi connectivity index (χ1v) is 7.97. The molecular weight excluding hydrogens is 268 g/mol. The number of aromatic nitrogens is 1. The van der Waals surface area contributed by atoms with Gasteiger partial charge in [-0.25, -0.2) is 4.98 Å². The predicted octanol–water partition coefficient (Wildman–Crippen LogP) is 3.99. The number of rotatable bonds is 7. The number of methoxy groups -OCH3 is 1. The van der Waals surface area contributed by atoms with Gasteiger partial charge in [-0.15, -0.1) is 11.3 Å². The Labute approximate surface area is 125 Å². The van der Waals surface area contributed by atoms with Gasteiger partial charge in [0.05, 0.1) is 12.3 Å². The highest BCUT2D eigenvalue weighted by Gasteiger charge is 2.09. The number of ether oxygens (including phenoxy) is 1. The second-order valence-corrected chi connectivity index (χ2v) is 5.51. The molecular formula is C16H22N2OS. The van der Waals surface area contributed by atoms with E-state index in [0.29, 0.717) is 6.61 Å². The van der Waals surface area contributed by atoms with Crippen LogP contribution in [0.2, 0.25) is 0 Å². The van der Waals surface area contributed by atoms with E-state index in [-0.39, 0.29) is 0 Å². The van der Waals surface area contributed by atoms with Crippen molar-refractivity contribution in [1.82, 2.24) is 4.98 Å². The molecule has 4 heteroatoms. The molecule has 0 bridgehead atoms. The molecule has 0 saturated heterocycles. The molecule has 2 aromatic rings. The van der Waals surface area contributed by atoms with Gasteiger partial charge in [0.15, 0.2) is 5.13 Å². The molecule has 20 heavy (non-hydrogen) atoms. The SMILES string of the molecule is CCc1ccc(CC)c(-c2csc(NCCOC)n2)c1. The zero-order valence-electron chi connectivity index (χ0n) is 12.4. The van der Waals surface area contributed by atoms with Crippen molar-refractivity contribution in [3.63, 3.8) is 0 Å². The molecule has 0 saturated carbocycles. The van der Waals surface area contributed by atoms with Crippen LogP contribution in [0.1, 0.15) is 25.0 Å². The van der Waals surface area contributed by atoms with Crippen LogP contribution < -0.4 is 5.32 Å². The van der Waals surface area contributed by atoms with Crippen molar-refractivity contribution >= 4 is 16.5 Å². The summed E-state index contributed by atoms with van der Waals surface area (Å²) in [6, 6.07) is 6.71. The standard InChI is InChI=1S/C16H22N2OS/c1-4-12-6-7-13(5-2)14(10-12)15-11-20-16(18-15)17-8-9-19-3/h6-7,10-11H,4-5,8-9H2,1-3H3,(H,17,18). The second-order valence-electron chi connectivity index (χ2n) is 4.66. The molecule has 0 amide bonds. The third-order valence-corrected chi connectivity index (χ3v) is 4.13. The number of hydrogen-bond donors (Lipinski definition) is 1. The van der Waals surface area contributed by atoms with Crippen LogP contribution >= 0.6 is 11.3 Å². The summed E-state index contributed by atoms with van der Waals surface area (Å²) >= 11 is 1.65. The van der Waals surface area contributed by atoms with E-state index < -0.39 is 0 Å². The largest absolute Gasteiger partial charge is 0.383 e.